The van der Waals surface area contributed by atoms with Gasteiger partial charge in [0.2, 0.25) is 0 Å². The van der Waals surface area contributed by atoms with E-state index in [0.29, 0.717) is 0 Å². The van der Waals surface area contributed by atoms with E-state index < -0.39 is 0 Å². The van der Waals surface area contributed by atoms with Gasteiger partial charge in [-0.2, -0.15) is 0 Å². The van der Waals surface area contributed by atoms with Crippen LogP contribution in [0.1, 0.15) is 18.9 Å². The molecule has 96 valence electrons. The Morgan fingerprint density at radius 3 is 2.89 bits per heavy atom. The molecule has 0 spiro atoms. The monoisotopic (exact) mass is 310 g/mol. The maximum absolute atomic E-state index is 12.9. The molecule has 0 fully saturated rings. The van der Waals surface area contributed by atoms with Crippen LogP contribution in [0.4, 0.5) is 10.1 Å². The third-order valence-electron chi connectivity index (χ3n) is 2.71. The summed E-state index contributed by atoms with van der Waals surface area (Å²) in [6, 6.07) is 6.75. The molecule has 1 aromatic carbocycles. The van der Waals surface area contributed by atoms with Crippen LogP contribution in [0, 0.1) is 5.82 Å². The van der Waals surface area contributed by atoms with Crippen molar-refractivity contribution in [2.45, 2.75) is 26.4 Å². The number of anilines is 1. The van der Waals surface area contributed by atoms with Crippen molar-refractivity contribution in [3.05, 3.63) is 52.5 Å². The summed E-state index contributed by atoms with van der Waals surface area (Å²) < 4.78 is 15.9. The molecule has 0 radical (unpaired) electrons. The van der Waals surface area contributed by atoms with Crippen molar-refractivity contribution in [1.29, 1.82) is 0 Å². The molecular formula is C14H16BrFN2. The number of aromatic nitrogens is 1. The van der Waals surface area contributed by atoms with Crippen LogP contribution >= 0.6 is 15.9 Å². The fourth-order valence-corrected chi connectivity index (χ4v) is 2.31. The molecule has 0 unspecified atom stereocenters. The Labute approximate surface area is 115 Å². The first-order valence-corrected chi connectivity index (χ1v) is 6.82. The van der Waals surface area contributed by atoms with Crippen molar-refractivity contribution in [3.63, 3.8) is 0 Å². The first kappa shape index (κ1) is 13.1. The summed E-state index contributed by atoms with van der Waals surface area (Å²) in [6.07, 6.45) is 5.35. The molecule has 0 aliphatic carbocycles. The molecule has 18 heavy (non-hydrogen) atoms. The van der Waals surface area contributed by atoms with Crippen molar-refractivity contribution in [3.8, 4) is 0 Å². The molecule has 1 heterocycles. The molecule has 0 saturated heterocycles. The van der Waals surface area contributed by atoms with Crippen LogP contribution in [0.25, 0.3) is 0 Å². The molecule has 0 bridgehead atoms. The summed E-state index contributed by atoms with van der Waals surface area (Å²) in [5.41, 5.74) is 2.12. The summed E-state index contributed by atoms with van der Waals surface area (Å²) in [5.74, 6) is -0.235. The van der Waals surface area contributed by atoms with Crippen molar-refractivity contribution in [1.82, 2.24) is 4.57 Å². The third-order valence-corrected chi connectivity index (χ3v) is 3.36. The SMILES string of the molecule is CCCn1ccc(CNc2ccc(F)cc2Br)c1. The summed E-state index contributed by atoms with van der Waals surface area (Å²) in [7, 11) is 0. The molecule has 1 aromatic heterocycles. The van der Waals surface area contributed by atoms with Crippen molar-refractivity contribution in [2.75, 3.05) is 5.32 Å². The first-order chi connectivity index (χ1) is 8.69. The highest BCUT2D eigenvalue weighted by Gasteiger charge is 2.02. The quantitative estimate of drug-likeness (QED) is 0.865. The van der Waals surface area contributed by atoms with Crippen LogP contribution in [0.2, 0.25) is 0 Å². The molecule has 0 aliphatic heterocycles. The van der Waals surface area contributed by atoms with E-state index in [1.165, 1.54) is 17.7 Å². The average molecular weight is 311 g/mol. The van der Waals surface area contributed by atoms with Crippen LogP contribution in [0.3, 0.4) is 0 Å². The van der Waals surface area contributed by atoms with Gasteiger partial charge in [-0.15, -0.1) is 0 Å². The summed E-state index contributed by atoms with van der Waals surface area (Å²) in [6.45, 7) is 3.94. The Balaban J connectivity index is 1.97. The number of hydrogen-bond acceptors (Lipinski definition) is 1. The standard InChI is InChI=1S/C14H16BrFN2/c1-2-6-18-7-5-11(10-18)9-17-14-4-3-12(16)8-13(14)15/h3-5,7-8,10,17H,2,6,9H2,1H3. The molecule has 0 saturated carbocycles. The van der Waals surface area contributed by atoms with Gasteiger partial charge in [-0.1, -0.05) is 6.92 Å². The third kappa shape index (κ3) is 3.35. The highest BCUT2D eigenvalue weighted by molar-refractivity contribution is 9.10. The smallest absolute Gasteiger partial charge is 0.124 e. The zero-order chi connectivity index (χ0) is 13.0. The predicted molar refractivity (Wildman–Crippen MR) is 76.1 cm³/mol. The highest BCUT2D eigenvalue weighted by atomic mass is 79.9. The van der Waals surface area contributed by atoms with E-state index >= 15 is 0 Å². The predicted octanol–water partition coefficient (Wildman–Crippen LogP) is 4.41. The zero-order valence-corrected chi connectivity index (χ0v) is 11.9. The second-order valence-corrected chi connectivity index (χ2v) is 5.09. The van der Waals surface area contributed by atoms with Gasteiger partial charge >= 0.3 is 0 Å². The number of hydrogen-bond donors (Lipinski definition) is 1. The summed E-state index contributed by atoms with van der Waals surface area (Å²) >= 11 is 3.34. The van der Waals surface area contributed by atoms with Crippen LogP contribution in [-0.4, -0.2) is 4.57 Å². The molecule has 0 atom stereocenters. The van der Waals surface area contributed by atoms with E-state index in [-0.39, 0.29) is 5.82 Å². The lowest BCUT2D eigenvalue weighted by molar-refractivity contribution is 0.627. The van der Waals surface area contributed by atoms with Crippen molar-refractivity contribution >= 4 is 21.6 Å². The van der Waals surface area contributed by atoms with Crippen molar-refractivity contribution < 1.29 is 4.39 Å². The van der Waals surface area contributed by atoms with E-state index in [9.17, 15) is 4.39 Å². The molecule has 0 aliphatic rings. The molecule has 2 rings (SSSR count). The molecule has 0 amide bonds. The second kappa shape index (κ2) is 6.05. The maximum atomic E-state index is 12.9. The van der Waals surface area contributed by atoms with Crippen LogP contribution in [0.5, 0.6) is 0 Å². The summed E-state index contributed by atoms with van der Waals surface area (Å²) in [4.78, 5) is 0. The minimum Gasteiger partial charge on any atom is -0.380 e. The number of nitrogens with one attached hydrogen (secondary N) is 1. The number of aryl methyl sites for hydroxylation is 1. The topological polar surface area (TPSA) is 17.0 Å². The van der Waals surface area contributed by atoms with Crippen LogP contribution in [-0.2, 0) is 13.1 Å². The Morgan fingerprint density at radius 2 is 2.17 bits per heavy atom. The molecule has 4 heteroatoms. The number of nitrogens with zero attached hydrogens (tertiary/aromatic N) is 1. The number of halogens is 2. The van der Waals surface area contributed by atoms with Gasteiger partial charge in [-0.05, 0) is 52.2 Å². The van der Waals surface area contributed by atoms with Gasteiger partial charge < -0.3 is 9.88 Å². The Bertz CT molecular complexity index is 522. The van der Waals surface area contributed by atoms with Gasteiger partial charge in [0.1, 0.15) is 5.82 Å². The van der Waals surface area contributed by atoms with Gasteiger partial charge in [0.05, 0.1) is 0 Å². The molecule has 1 N–H and O–H groups in total. The number of rotatable bonds is 5. The fraction of sp³-hybridized carbons (Fsp3) is 0.286. The number of benzene rings is 1. The molecule has 2 nitrogen and oxygen atoms in total. The van der Waals surface area contributed by atoms with Crippen LogP contribution < -0.4 is 5.32 Å². The second-order valence-electron chi connectivity index (χ2n) is 4.24. The lowest BCUT2D eigenvalue weighted by Crippen LogP contribution is -1.99. The minimum atomic E-state index is -0.235. The average Bonchev–Trinajstić information content (AvgIpc) is 2.76. The van der Waals surface area contributed by atoms with Gasteiger partial charge in [0, 0.05) is 35.6 Å². The van der Waals surface area contributed by atoms with Gasteiger partial charge in [0.25, 0.3) is 0 Å². The first-order valence-electron chi connectivity index (χ1n) is 6.02. The lowest BCUT2D eigenvalue weighted by atomic mass is 10.3. The van der Waals surface area contributed by atoms with E-state index in [1.807, 2.05) is 0 Å². The maximum Gasteiger partial charge on any atom is 0.124 e. The van der Waals surface area contributed by atoms with E-state index in [0.717, 1.165) is 29.7 Å². The minimum absolute atomic E-state index is 0.235. The van der Waals surface area contributed by atoms with E-state index in [4.69, 9.17) is 0 Å². The summed E-state index contributed by atoms with van der Waals surface area (Å²) in [5, 5.41) is 3.29. The Kier molecular flexibility index (Phi) is 4.42. The van der Waals surface area contributed by atoms with Gasteiger partial charge in [0.15, 0.2) is 0 Å². The van der Waals surface area contributed by atoms with Gasteiger partial charge in [-0.3, -0.25) is 0 Å². The molecular weight excluding hydrogens is 295 g/mol. The van der Waals surface area contributed by atoms with Crippen LogP contribution in [0.15, 0.2) is 41.1 Å². The van der Waals surface area contributed by atoms with E-state index in [1.54, 1.807) is 6.07 Å². The Morgan fingerprint density at radius 1 is 1.33 bits per heavy atom. The Hall–Kier alpha value is -1.29. The van der Waals surface area contributed by atoms with E-state index in [2.05, 4.69) is 51.2 Å². The molecule has 2 aromatic rings. The van der Waals surface area contributed by atoms with Crippen molar-refractivity contribution in [2.24, 2.45) is 0 Å². The lowest BCUT2D eigenvalue weighted by Gasteiger charge is -2.07. The largest absolute Gasteiger partial charge is 0.380 e. The van der Waals surface area contributed by atoms with Gasteiger partial charge in [-0.25, -0.2) is 4.39 Å². The highest BCUT2D eigenvalue weighted by Crippen LogP contribution is 2.23. The normalized spacial score (nSPS) is 10.6. The zero-order valence-electron chi connectivity index (χ0n) is 10.3. The fourth-order valence-electron chi connectivity index (χ4n) is 1.82.